The first-order chi connectivity index (χ1) is 14.7. The third kappa shape index (κ3) is 6.87. The Kier molecular flexibility index (Phi) is 8.30. The van der Waals surface area contributed by atoms with E-state index in [0.717, 1.165) is 19.3 Å². The molecular weight excluding hydrogens is 452 g/mol. The molecule has 2 rings (SSSR count). The molecule has 1 aromatic rings. The Labute approximate surface area is 196 Å². The maximum atomic E-state index is 12.0. The molecule has 1 aliphatic carbocycles. The topological polar surface area (TPSA) is 128 Å². The van der Waals surface area contributed by atoms with Crippen LogP contribution in [0.25, 0.3) is 0 Å². The van der Waals surface area contributed by atoms with Crippen molar-refractivity contribution >= 4 is 33.8 Å². The van der Waals surface area contributed by atoms with Crippen LogP contribution in [0.4, 0.5) is 4.79 Å². The van der Waals surface area contributed by atoms with E-state index >= 15 is 0 Å². The number of nitrogens with one attached hydrogen (secondary N) is 1. The zero-order valence-electron chi connectivity index (χ0n) is 19.1. The lowest BCUT2D eigenvalue weighted by Gasteiger charge is -2.54. The lowest BCUT2D eigenvalue weighted by atomic mass is 9.54. The van der Waals surface area contributed by atoms with Gasteiger partial charge in [0.2, 0.25) is 0 Å². The van der Waals surface area contributed by atoms with Gasteiger partial charge in [-0.25, -0.2) is 4.79 Å². The summed E-state index contributed by atoms with van der Waals surface area (Å²) in [6, 6.07) is 8.80. The Morgan fingerprint density at radius 2 is 1.91 bits per heavy atom. The minimum absolute atomic E-state index is 0.234. The number of para-hydroxylation sites is 1. The molecule has 1 saturated carbocycles. The van der Waals surface area contributed by atoms with E-state index in [2.05, 4.69) is 30.3 Å². The second kappa shape index (κ2) is 10.0. The molecule has 1 amide bonds. The van der Waals surface area contributed by atoms with E-state index in [1.54, 1.807) is 0 Å². The zero-order chi connectivity index (χ0) is 24.2. The van der Waals surface area contributed by atoms with Gasteiger partial charge in [-0.3, -0.25) is 4.55 Å². The molecule has 3 atom stereocenters. The monoisotopic (exact) mass is 486 g/mol. The minimum atomic E-state index is -4.90. The van der Waals surface area contributed by atoms with E-state index in [0.29, 0.717) is 25.0 Å². The fourth-order valence-corrected chi connectivity index (χ4v) is 5.69. The van der Waals surface area contributed by atoms with Gasteiger partial charge in [0.15, 0.2) is 5.05 Å². The number of unbranched alkanes of at least 4 members (excludes halogenated alkanes) is 1. The Morgan fingerprint density at radius 3 is 2.47 bits per heavy atom. The van der Waals surface area contributed by atoms with E-state index in [9.17, 15) is 13.2 Å². The van der Waals surface area contributed by atoms with Gasteiger partial charge in [0.05, 0.1) is 5.54 Å². The molecule has 180 valence electrons. The Hall–Kier alpha value is -1.75. The number of carbonyl (C=O) groups is 1. The predicted molar refractivity (Wildman–Crippen MR) is 127 cm³/mol. The van der Waals surface area contributed by atoms with Crippen molar-refractivity contribution in [3.8, 4) is 5.75 Å². The summed E-state index contributed by atoms with van der Waals surface area (Å²) in [6.45, 7) is 8.24. The number of hydrogen-bond acceptors (Lipinski definition) is 7. The van der Waals surface area contributed by atoms with Gasteiger partial charge in [0, 0.05) is 6.04 Å². The first-order valence-corrected chi connectivity index (χ1v) is 12.5. The highest BCUT2D eigenvalue weighted by molar-refractivity contribution is 7.81. The van der Waals surface area contributed by atoms with Crippen LogP contribution in [-0.2, 0) is 14.6 Å². The number of ether oxygens (including phenoxy) is 1. The number of carbonyl (C=O) groups excluding carboxylic acids is 1. The second-order valence-electron chi connectivity index (χ2n) is 9.73. The van der Waals surface area contributed by atoms with Gasteiger partial charge in [0.25, 0.3) is 0 Å². The first-order valence-electron chi connectivity index (χ1n) is 10.7. The summed E-state index contributed by atoms with van der Waals surface area (Å²) in [4.78, 5) is 12.0. The smallest absolute Gasteiger partial charge is 0.448 e. The molecule has 1 aromatic carbocycles. The second-order valence-corrected chi connectivity index (χ2v) is 11.1. The molecule has 4 N–H and O–H groups in total. The van der Waals surface area contributed by atoms with Crippen molar-refractivity contribution in [2.75, 3.05) is 0 Å². The molecule has 0 saturated heterocycles. The maximum Gasteiger partial charge on any atom is 0.450 e. The molecule has 10 heteroatoms. The molecule has 0 aromatic heterocycles. The summed E-state index contributed by atoms with van der Waals surface area (Å²) in [6.07, 6.45) is 2.89. The third-order valence-corrected chi connectivity index (χ3v) is 7.00. The number of benzene rings is 1. The number of thiocarbonyl (C=S) groups is 1. The van der Waals surface area contributed by atoms with Crippen LogP contribution >= 0.6 is 12.2 Å². The molecule has 0 bridgehead atoms. The average Bonchev–Trinajstić information content (AvgIpc) is 2.63. The van der Waals surface area contributed by atoms with Gasteiger partial charge in [-0.05, 0) is 60.9 Å². The third-order valence-electron chi connectivity index (χ3n) is 6.19. The number of hydrogen-bond donors (Lipinski definition) is 3. The van der Waals surface area contributed by atoms with Crippen molar-refractivity contribution in [3.63, 3.8) is 0 Å². The van der Waals surface area contributed by atoms with Crippen LogP contribution < -0.4 is 15.8 Å². The highest BCUT2D eigenvalue weighted by Gasteiger charge is 2.55. The number of rotatable bonds is 8. The van der Waals surface area contributed by atoms with Crippen LogP contribution in [0.1, 0.15) is 66.2 Å². The predicted octanol–water partition coefficient (Wildman–Crippen LogP) is 4.39. The van der Waals surface area contributed by atoms with Crippen LogP contribution in [0.2, 0.25) is 0 Å². The summed E-state index contributed by atoms with van der Waals surface area (Å²) in [5.41, 5.74) is 5.28. The fourth-order valence-electron chi connectivity index (χ4n) is 5.00. The van der Waals surface area contributed by atoms with Gasteiger partial charge >= 0.3 is 16.5 Å². The lowest BCUT2D eigenvalue weighted by Crippen LogP contribution is -2.65. The standard InChI is InChI=1S/C22H34N2O6S2/c1-5-6-12-22(23,18(31)29-17-10-8-7-9-11-17)21(4)14-16(13-20(2,3)15-21)24-19(25)30-32(26,27)28/h7-11,16H,5-6,12-15,23H2,1-4H3,(H,24,25)(H,26,27,28). The van der Waals surface area contributed by atoms with Crippen LogP contribution in [0, 0.1) is 10.8 Å². The van der Waals surface area contributed by atoms with Gasteiger partial charge < -0.3 is 20.0 Å². The zero-order valence-corrected chi connectivity index (χ0v) is 20.7. The van der Waals surface area contributed by atoms with Crippen LogP contribution in [0.3, 0.4) is 0 Å². The van der Waals surface area contributed by atoms with Gasteiger partial charge in [0.1, 0.15) is 5.75 Å². The highest BCUT2D eigenvalue weighted by atomic mass is 32.3. The van der Waals surface area contributed by atoms with Gasteiger partial charge in [-0.15, -0.1) is 0 Å². The Balaban J connectivity index is 2.34. The van der Waals surface area contributed by atoms with Gasteiger partial charge in [-0.2, -0.15) is 8.42 Å². The Bertz CT molecular complexity index is 922. The molecule has 0 radical (unpaired) electrons. The van der Waals surface area contributed by atoms with E-state index in [4.69, 9.17) is 27.2 Å². The van der Waals surface area contributed by atoms with Crippen molar-refractivity contribution in [2.45, 2.75) is 77.8 Å². The van der Waals surface area contributed by atoms with Crippen molar-refractivity contribution in [1.82, 2.24) is 5.32 Å². The summed E-state index contributed by atoms with van der Waals surface area (Å²) >= 11 is 5.74. The van der Waals surface area contributed by atoms with E-state index in [-0.39, 0.29) is 10.5 Å². The molecule has 8 nitrogen and oxygen atoms in total. The molecule has 0 aliphatic heterocycles. The molecule has 32 heavy (non-hydrogen) atoms. The Morgan fingerprint density at radius 1 is 1.28 bits per heavy atom. The van der Waals surface area contributed by atoms with Crippen molar-refractivity contribution in [2.24, 2.45) is 16.6 Å². The molecule has 0 spiro atoms. The fraction of sp³-hybridized carbons (Fsp3) is 0.636. The van der Waals surface area contributed by atoms with Crippen LogP contribution in [-0.4, -0.2) is 35.7 Å². The van der Waals surface area contributed by atoms with E-state index in [1.807, 2.05) is 37.3 Å². The van der Waals surface area contributed by atoms with E-state index < -0.39 is 33.5 Å². The maximum absolute atomic E-state index is 12.0. The largest absolute Gasteiger partial charge is 0.450 e. The average molecular weight is 487 g/mol. The van der Waals surface area contributed by atoms with Crippen molar-refractivity contribution < 1.29 is 26.7 Å². The molecular formula is C22H34N2O6S2. The normalized spacial score (nSPS) is 24.8. The number of nitrogens with two attached hydrogens (primary N) is 1. The van der Waals surface area contributed by atoms with Crippen LogP contribution in [0.15, 0.2) is 30.3 Å². The van der Waals surface area contributed by atoms with Crippen LogP contribution in [0.5, 0.6) is 5.75 Å². The first kappa shape index (κ1) is 26.5. The van der Waals surface area contributed by atoms with Crippen molar-refractivity contribution in [1.29, 1.82) is 0 Å². The summed E-state index contributed by atoms with van der Waals surface area (Å²) in [5.74, 6) is 0.605. The summed E-state index contributed by atoms with van der Waals surface area (Å²) in [5, 5.41) is 2.85. The number of amides is 1. The van der Waals surface area contributed by atoms with Gasteiger partial charge in [-0.1, -0.05) is 58.7 Å². The molecule has 0 heterocycles. The molecule has 1 aliphatic rings. The van der Waals surface area contributed by atoms with E-state index in [1.165, 1.54) is 0 Å². The molecule has 3 unspecified atom stereocenters. The highest BCUT2D eigenvalue weighted by Crippen LogP contribution is 2.52. The van der Waals surface area contributed by atoms with Crippen molar-refractivity contribution in [3.05, 3.63) is 30.3 Å². The summed E-state index contributed by atoms with van der Waals surface area (Å²) in [7, 11) is -4.90. The summed E-state index contributed by atoms with van der Waals surface area (Å²) < 4.78 is 40.7. The lowest BCUT2D eigenvalue weighted by molar-refractivity contribution is 0.0242. The minimum Gasteiger partial charge on any atom is -0.448 e. The quantitative estimate of drug-likeness (QED) is 0.364. The molecule has 1 fully saturated rings. The SMILES string of the molecule is CCCCC(N)(C(=S)Oc1ccccc1)C1(C)CC(NC(=O)OS(=O)(=O)O)CC(C)(C)C1.